The average molecular weight is 481 g/mol. The largest absolute Gasteiger partial charge is 0.461 e. The summed E-state index contributed by atoms with van der Waals surface area (Å²) in [7, 11) is 0. The van der Waals surface area contributed by atoms with Crippen LogP contribution >= 0.6 is 0 Å². The highest BCUT2D eigenvalue weighted by Crippen LogP contribution is 2.37. The summed E-state index contributed by atoms with van der Waals surface area (Å²) in [6, 6.07) is 30.9. The molecule has 1 aliphatic heterocycles. The molecule has 4 heterocycles. The van der Waals surface area contributed by atoms with E-state index in [1.54, 1.807) is 0 Å². The molecule has 178 valence electrons. The van der Waals surface area contributed by atoms with Crippen molar-refractivity contribution >= 4 is 33.2 Å². The van der Waals surface area contributed by atoms with Crippen LogP contribution in [0.3, 0.4) is 0 Å². The van der Waals surface area contributed by atoms with Gasteiger partial charge in [0.1, 0.15) is 22.7 Å². The zero-order valence-corrected chi connectivity index (χ0v) is 20.6. The molecule has 37 heavy (non-hydrogen) atoms. The number of benzene rings is 3. The maximum Gasteiger partial charge on any atom is 0.134 e. The number of H-pyrrole nitrogens is 1. The van der Waals surface area contributed by atoms with Crippen molar-refractivity contribution < 1.29 is 8.83 Å². The Labute approximate surface area is 214 Å². The average Bonchev–Trinajstić information content (AvgIpc) is 3.69. The zero-order chi connectivity index (χ0) is 24.9. The quantitative estimate of drug-likeness (QED) is 0.275. The number of rotatable bonds is 4. The van der Waals surface area contributed by atoms with Gasteiger partial charge in [0.15, 0.2) is 0 Å². The molecule has 0 spiro atoms. The van der Waals surface area contributed by atoms with Gasteiger partial charge in [-0.25, -0.2) is 4.99 Å². The number of aryl methyl sites for hydroxylation is 2. The van der Waals surface area contributed by atoms with Crippen molar-refractivity contribution in [1.29, 1.82) is 0 Å². The van der Waals surface area contributed by atoms with Crippen LogP contribution in [0.4, 0.5) is 0 Å². The molecule has 3 aromatic carbocycles. The molecule has 0 amide bonds. The van der Waals surface area contributed by atoms with Gasteiger partial charge in [-0.3, -0.25) is 0 Å². The third-order valence-electron chi connectivity index (χ3n) is 6.98. The van der Waals surface area contributed by atoms with Crippen molar-refractivity contribution in [2.24, 2.45) is 4.99 Å². The van der Waals surface area contributed by atoms with Crippen molar-refractivity contribution in [1.82, 2.24) is 4.98 Å². The van der Waals surface area contributed by atoms with Gasteiger partial charge in [0.2, 0.25) is 0 Å². The Balaban J connectivity index is 1.39. The molecule has 0 fully saturated rings. The second-order valence-electron chi connectivity index (χ2n) is 9.30. The summed E-state index contributed by atoms with van der Waals surface area (Å²) in [4.78, 5) is 8.80. The van der Waals surface area contributed by atoms with Crippen molar-refractivity contribution in [3.05, 3.63) is 137 Å². The van der Waals surface area contributed by atoms with Crippen LogP contribution in [0.5, 0.6) is 0 Å². The van der Waals surface area contributed by atoms with E-state index in [2.05, 4.69) is 65.7 Å². The maximum atomic E-state index is 6.04. The van der Waals surface area contributed by atoms with Gasteiger partial charge in [0.25, 0.3) is 0 Å². The smallest absolute Gasteiger partial charge is 0.134 e. The van der Waals surface area contributed by atoms with Crippen molar-refractivity contribution in [3.63, 3.8) is 0 Å². The fourth-order valence-electron chi connectivity index (χ4n) is 5.36. The lowest BCUT2D eigenvalue weighted by Gasteiger charge is -2.09. The molecule has 0 unspecified atom stereocenters. The molecular formula is C33H24N2O2. The van der Waals surface area contributed by atoms with Gasteiger partial charge in [0.05, 0.1) is 11.4 Å². The first-order valence-electron chi connectivity index (χ1n) is 12.4. The highest BCUT2D eigenvalue weighted by molar-refractivity contribution is 6.19. The fraction of sp³-hybridized carbons (Fsp3) is 0.0606. The molecule has 0 aliphatic carbocycles. The van der Waals surface area contributed by atoms with Gasteiger partial charge in [-0.2, -0.15) is 0 Å². The molecule has 0 atom stereocenters. The van der Waals surface area contributed by atoms with E-state index in [-0.39, 0.29) is 0 Å². The molecule has 1 N–H and O–H groups in total. The molecule has 6 aromatic rings. The molecule has 7 rings (SSSR count). The van der Waals surface area contributed by atoms with E-state index in [0.29, 0.717) is 0 Å². The highest BCUT2D eigenvalue weighted by Gasteiger charge is 2.21. The summed E-state index contributed by atoms with van der Waals surface area (Å²) in [6.07, 6.45) is 4.18. The second-order valence-corrected chi connectivity index (χ2v) is 9.30. The molecular weight excluding hydrogens is 456 g/mol. The van der Waals surface area contributed by atoms with Crippen molar-refractivity contribution in [2.75, 3.05) is 0 Å². The van der Waals surface area contributed by atoms with Crippen molar-refractivity contribution in [2.45, 2.75) is 13.8 Å². The third kappa shape index (κ3) is 3.49. The molecule has 0 radical (unpaired) electrons. The third-order valence-corrected chi connectivity index (χ3v) is 6.98. The summed E-state index contributed by atoms with van der Waals surface area (Å²) in [6.45, 7) is 4.01. The number of hydrogen-bond acceptors (Lipinski definition) is 3. The topological polar surface area (TPSA) is 54.4 Å². The van der Waals surface area contributed by atoms with Gasteiger partial charge >= 0.3 is 0 Å². The minimum atomic E-state index is 0.872. The summed E-state index contributed by atoms with van der Waals surface area (Å²) < 4.78 is 12.1. The van der Waals surface area contributed by atoms with E-state index in [1.807, 2.05) is 56.3 Å². The van der Waals surface area contributed by atoms with Gasteiger partial charge in [-0.1, -0.05) is 66.7 Å². The molecule has 3 aromatic heterocycles. The molecule has 0 saturated carbocycles. The minimum Gasteiger partial charge on any atom is -0.461 e. The lowest BCUT2D eigenvalue weighted by molar-refractivity contribution is 0.577. The van der Waals surface area contributed by atoms with E-state index >= 15 is 0 Å². The molecule has 4 nitrogen and oxygen atoms in total. The van der Waals surface area contributed by atoms with E-state index in [9.17, 15) is 0 Å². The van der Waals surface area contributed by atoms with Crippen LogP contribution in [0.1, 0.15) is 28.3 Å². The number of fused-ring (bicyclic) bond motifs is 2. The van der Waals surface area contributed by atoms with Gasteiger partial charge in [-0.05, 0) is 55.8 Å². The Morgan fingerprint density at radius 3 is 2.00 bits per heavy atom. The van der Waals surface area contributed by atoms with Crippen LogP contribution in [-0.4, -0.2) is 10.7 Å². The lowest BCUT2D eigenvalue weighted by Crippen LogP contribution is -1.96. The van der Waals surface area contributed by atoms with E-state index in [0.717, 1.165) is 78.5 Å². The molecule has 0 bridgehead atoms. The zero-order valence-electron chi connectivity index (χ0n) is 20.6. The summed E-state index contributed by atoms with van der Waals surface area (Å²) in [5.41, 5.74) is 9.90. The summed E-state index contributed by atoms with van der Waals surface area (Å²) in [5.74, 6) is 1.77. The number of allylic oxidation sites excluding steroid dienone is 2. The predicted octanol–water partition coefficient (Wildman–Crippen LogP) is 8.61. The normalized spacial score (nSPS) is 14.6. The Kier molecular flexibility index (Phi) is 4.86. The summed E-state index contributed by atoms with van der Waals surface area (Å²) >= 11 is 0. The highest BCUT2D eigenvalue weighted by atomic mass is 16.3. The van der Waals surface area contributed by atoms with Crippen LogP contribution in [-0.2, 0) is 0 Å². The number of nitrogens with one attached hydrogen (secondary N) is 1. The standard InChI is InChI=1S/C33H24N2O2/c1-20-31(23-12-6-8-14-29(23)36-20)25-16-18-27(34-25)33(22-10-4-3-5-11-22)28-19-17-26(35-28)32-21(2)37-30-15-9-7-13-24(30)32/h3-19,34H,1-2H3/b33-28+. The number of nitrogens with zero attached hydrogens (tertiary/aromatic N) is 1. The number of aromatic amines is 1. The van der Waals surface area contributed by atoms with Crippen LogP contribution in [0.15, 0.2) is 123 Å². The Hall–Kier alpha value is -4.83. The number of hydrogen-bond donors (Lipinski definition) is 1. The van der Waals surface area contributed by atoms with Gasteiger partial charge < -0.3 is 13.8 Å². The van der Waals surface area contributed by atoms with Crippen LogP contribution in [0.25, 0.3) is 38.8 Å². The predicted molar refractivity (Wildman–Crippen MR) is 150 cm³/mol. The minimum absolute atomic E-state index is 0.872. The SMILES string of the molecule is Cc1oc2ccccc2c1C1=N/C(=C(\c2ccccc2)c2ccc(-c3c(C)oc4ccccc34)[nH]2)C=C1. The maximum absolute atomic E-state index is 6.04. The first-order valence-corrected chi connectivity index (χ1v) is 12.4. The molecule has 1 aliphatic rings. The van der Waals surface area contributed by atoms with Crippen LogP contribution < -0.4 is 0 Å². The Morgan fingerprint density at radius 2 is 1.27 bits per heavy atom. The number of furan rings is 2. The molecule has 4 heteroatoms. The van der Waals surface area contributed by atoms with Crippen LogP contribution in [0, 0.1) is 13.8 Å². The van der Waals surface area contributed by atoms with E-state index in [1.165, 1.54) is 0 Å². The molecule has 0 saturated heterocycles. The number of para-hydroxylation sites is 2. The summed E-state index contributed by atoms with van der Waals surface area (Å²) in [5, 5.41) is 2.18. The van der Waals surface area contributed by atoms with E-state index in [4.69, 9.17) is 13.8 Å². The first kappa shape index (κ1) is 21.5. The monoisotopic (exact) mass is 480 g/mol. The van der Waals surface area contributed by atoms with Gasteiger partial charge in [-0.15, -0.1) is 0 Å². The Bertz CT molecular complexity index is 1890. The number of aromatic nitrogens is 1. The first-order chi connectivity index (χ1) is 18.2. The van der Waals surface area contributed by atoms with E-state index < -0.39 is 0 Å². The Morgan fingerprint density at radius 1 is 0.649 bits per heavy atom. The van der Waals surface area contributed by atoms with Crippen LogP contribution in [0.2, 0.25) is 0 Å². The number of aliphatic imine (C=N–C) groups is 1. The van der Waals surface area contributed by atoms with Crippen molar-refractivity contribution in [3.8, 4) is 11.3 Å². The fourth-order valence-corrected chi connectivity index (χ4v) is 5.36. The van der Waals surface area contributed by atoms with Gasteiger partial charge in [0, 0.05) is 38.9 Å². The second kappa shape index (κ2) is 8.38. The lowest BCUT2D eigenvalue weighted by atomic mass is 10.0.